The Kier molecular flexibility index (Phi) is 3.19. The molecule has 7 heteroatoms. The first-order valence-corrected chi connectivity index (χ1v) is 6.60. The number of rotatable bonds is 3. The van der Waals surface area contributed by atoms with E-state index in [1.807, 2.05) is 36.9 Å². The fraction of sp³-hybridized carbons (Fsp3) is 0.231. The Morgan fingerprint density at radius 3 is 2.70 bits per heavy atom. The van der Waals surface area contributed by atoms with Crippen LogP contribution in [0.25, 0.3) is 11.4 Å². The number of aromatic amines is 1. The first kappa shape index (κ1) is 12.7. The van der Waals surface area contributed by atoms with Gasteiger partial charge >= 0.3 is 0 Å². The second-order valence-electron chi connectivity index (χ2n) is 4.59. The zero-order chi connectivity index (χ0) is 14.1. The number of hydrogen-bond donors (Lipinski definition) is 1. The minimum Gasteiger partial charge on any atom is -0.296 e. The van der Waals surface area contributed by atoms with E-state index in [0.29, 0.717) is 11.3 Å². The SMILES string of the molecule is Cc1nn(C)cc1Cn1c(-c2ccncc2)n[nH]c1=S. The van der Waals surface area contributed by atoms with Crippen molar-refractivity contribution >= 4 is 12.2 Å². The van der Waals surface area contributed by atoms with Gasteiger partial charge in [0, 0.05) is 36.8 Å². The Morgan fingerprint density at radius 1 is 1.30 bits per heavy atom. The van der Waals surface area contributed by atoms with Crippen molar-refractivity contribution in [3.63, 3.8) is 0 Å². The molecule has 102 valence electrons. The van der Waals surface area contributed by atoms with Crippen LogP contribution >= 0.6 is 12.2 Å². The van der Waals surface area contributed by atoms with Crippen molar-refractivity contribution in [1.29, 1.82) is 0 Å². The highest BCUT2D eigenvalue weighted by molar-refractivity contribution is 7.71. The minimum atomic E-state index is 0.597. The third-order valence-electron chi connectivity index (χ3n) is 3.14. The van der Waals surface area contributed by atoms with Gasteiger partial charge in [-0.25, -0.2) is 0 Å². The summed E-state index contributed by atoms with van der Waals surface area (Å²) in [6, 6.07) is 3.83. The van der Waals surface area contributed by atoms with E-state index < -0.39 is 0 Å². The van der Waals surface area contributed by atoms with Crippen LogP contribution in [-0.2, 0) is 13.6 Å². The summed E-state index contributed by atoms with van der Waals surface area (Å²) in [6.45, 7) is 2.64. The van der Waals surface area contributed by atoms with Gasteiger partial charge < -0.3 is 0 Å². The second-order valence-corrected chi connectivity index (χ2v) is 4.97. The molecule has 0 fully saturated rings. The molecule has 0 aliphatic heterocycles. The van der Waals surface area contributed by atoms with Crippen LogP contribution in [0.3, 0.4) is 0 Å². The molecule has 0 atom stereocenters. The topological polar surface area (TPSA) is 64.3 Å². The van der Waals surface area contributed by atoms with Crippen molar-refractivity contribution in [2.45, 2.75) is 13.5 Å². The summed E-state index contributed by atoms with van der Waals surface area (Å²) in [6.07, 6.45) is 5.49. The maximum atomic E-state index is 5.32. The summed E-state index contributed by atoms with van der Waals surface area (Å²) >= 11 is 5.32. The predicted molar refractivity (Wildman–Crippen MR) is 77.7 cm³/mol. The highest BCUT2D eigenvalue weighted by Crippen LogP contribution is 2.18. The molecule has 0 saturated heterocycles. The smallest absolute Gasteiger partial charge is 0.195 e. The van der Waals surface area contributed by atoms with Crippen LogP contribution in [0.2, 0.25) is 0 Å². The Bertz CT molecular complexity index is 783. The highest BCUT2D eigenvalue weighted by atomic mass is 32.1. The van der Waals surface area contributed by atoms with Crippen LogP contribution in [0.15, 0.2) is 30.7 Å². The van der Waals surface area contributed by atoms with Crippen molar-refractivity contribution in [2.24, 2.45) is 7.05 Å². The van der Waals surface area contributed by atoms with Crippen molar-refractivity contribution in [3.8, 4) is 11.4 Å². The summed E-state index contributed by atoms with van der Waals surface area (Å²) in [5.74, 6) is 0.806. The molecule has 0 bridgehead atoms. The van der Waals surface area contributed by atoms with Crippen molar-refractivity contribution in [2.75, 3.05) is 0 Å². The molecule has 3 aromatic heterocycles. The molecule has 0 aliphatic rings. The van der Waals surface area contributed by atoms with Gasteiger partial charge in [-0.15, -0.1) is 0 Å². The first-order chi connectivity index (χ1) is 9.65. The standard InChI is InChI=1S/C13H14N6S/c1-9-11(7-18(2)17-9)8-19-12(15-16-13(19)20)10-3-5-14-6-4-10/h3-7H,8H2,1-2H3,(H,16,20). The van der Waals surface area contributed by atoms with Crippen LogP contribution in [0.1, 0.15) is 11.3 Å². The van der Waals surface area contributed by atoms with Crippen LogP contribution in [0.5, 0.6) is 0 Å². The van der Waals surface area contributed by atoms with E-state index in [4.69, 9.17) is 12.2 Å². The largest absolute Gasteiger partial charge is 0.296 e. The van der Waals surface area contributed by atoms with Gasteiger partial charge in [-0.05, 0) is 31.3 Å². The Hall–Kier alpha value is -2.28. The number of nitrogens with one attached hydrogen (secondary N) is 1. The first-order valence-electron chi connectivity index (χ1n) is 6.20. The molecule has 0 aromatic carbocycles. The van der Waals surface area contributed by atoms with E-state index in [9.17, 15) is 0 Å². The van der Waals surface area contributed by atoms with E-state index in [-0.39, 0.29) is 0 Å². The molecule has 3 rings (SSSR count). The molecule has 3 heterocycles. The van der Waals surface area contributed by atoms with Crippen LogP contribution in [0.4, 0.5) is 0 Å². The van der Waals surface area contributed by atoms with Crippen LogP contribution in [0, 0.1) is 11.7 Å². The average molecular weight is 286 g/mol. The lowest BCUT2D eigenvalue weighted by Crippen LogP contribution is -2.03. The number of H-pyrrole nitrogens is 1. The molecule has 1 N–H and O–H groups in total. The zero-order valence-electron chi connectivity index (χ0n) is 11.2. The zero-order valence-corrected chi connectivity index (χ0v) is 12.1. The molecule has 20 heavy (non-hydrogen) atoms. The summed E-state index contributed by atoms with van der Waals surface area (Å²) in [5.41, 5.74) is 3.10. The van der Waals surface area contributed by atoms with Gasteiger partial charge in [0.05, 0.1) is 12.2 Å². The Labute approximate surface area is 121 Å². The molecule has 0 amide bonds. The highest BCUT2D eigenvalue weighted by Gasteiger charge is 2.11. The van der Waals surface area contributed by atoms with Gasteiger partial charge in [0.2, 0.25) is 0 Å². The number of aromatic nitrogens is 6. The van der Waals surface area contributed by atoms with Gasteiger partial charge in [0.1, 0.15) is 0 Å². The molecule has 0 aliphatic carbocycles. The van der Waals surface area contributed by atoms with Gasteiger partial charge in [-0.2, -0.15) is 10.2 Å². The normalized spacial score (nSPS) is 10.9. The monoisotopic (exact) mass is 286 g/mol. The average Bonchev–Trinajstić information content (AvgIpc) is 2.95. The van der Waals surface area contributed by atoms with E-state index in [2.05, 4.69) is 20.3 Å². The lowest BCUT2D eigenvalue weighted by Gasteiger charge is -2.05. The Morgan fingerprint density at radius 2 is 2.05 bits per heavy atom. The van der Waals surface area contributed by atoms with Crippen LogP contribution in [-0.4, -0.2) is 29.5 Å². The van der Waals surface area contributed by atoms with Gasteiger partial charge in [-0.1, -0.05) is 0 Å². The van der Waals surface area contributed by atoms with Gasteiger partial charge in [0.25, 0.3) is 0 Å². The molecular weight excluding hydrogens is 272 g/mol. The van der Waals surface area contributed by atoms with Crippen molar-refractivity contribution < 1.29 is 0 Å². The number of pyridine rings is 1. The molecule has 0 saturated carbocycles. The molecule has 0 spiro atoms. The second kappa shape index (κ2) is 5.01. The summed E-state index contributed by atoms with van der Waals surface area (Å²) in [4.78, 5) is 4.02. The molecular formula is C13H14N6S. The molecule has 0 radical (unpaired) electrons. The lowest BCUT2D eigenvalue weighted by atomic mass is 10.2. The Balaban J connectivity index is 2.04. The van der Waals surface area contributed by atoms with Crippen molar-refractivity contribution in [1.82, 2.24) is 29.5 Å². The summed E-state index contributed by atoms with van der Waals surface area (Å²) in [5, 5.41) is 11.5. The third-order valence-corrected chi connectivity index (χ3v) is 3.45. The molecule has 6 nitrogen and oxygen atoms in total. The number of nitrogens with zero attached hydrogens (tertiary/aromatic N) is 5. The number of hydrogen-bond acceptors (Lipinski definition) is 4. The van der Waals surface area contributed by atoms with Crippen LogP contribution < -0.4 is 0 Å². The quantitative estimate of drug-likeness (QED) is 0.749. The lowest BCUT2D eigenvalue weighted by molar-refractivity contribution is 0.755. The summed E-state index contributed by atoms with van der Waals surface area (Å²) < 4.78 is 4.37. The molecule has 3 aromatic rings. The predicted octanol–water partition coefficient (Wildman–Crippen LogP) is 2.09. The van der Waals surface area contributed by atoms with E-state index >= 15 is 0 Å². The minimum absolute atomic E-state index is 0.597. The fourth-order valence-corrected chi connectivity index (χ4v) is 2.36. The van der Waals surface area contributed by atoms with E-state index in [0.717, 1.165) is 22.6 Å². The van der Waals surface area contributed by atoms with Crippen molar-refractivity contribution in [3.05, 3.63) is 46.8 Å². The van der Waals surface area contributed by atoms with E-state index in [1.165, 1.54) is 0 Å². The number of aryl methyl sites for hydroxylation is 2. The molecule has 0 unspecified atom stereocenters. The van der Waals surface area contributed by atoms with Gasteiger partial charge in [-0.3, -0.25) is 19.3 Å². The van der Waals surface area contributed by atoms with E-state index in [1.54, 1.807) is 17.1 Å². The summed E-state index contributed by atoms with van der Waals surface area (Å²) in [7, 11) is 1.91. The maximum absolute atomic E-state index is 5.32. The fourth-order valence-electron chi connectivity index (χ4n) is 2.16. The maximum Gasteiger partial charge on any atom is 0.195 e. The van der Waals surface area contributed by atoms with Gasteiger partial charge in [0.15, 0.2) is 10.6 Å². The third kappa shape index (κ3) is 2.27.